The van der Waals surface area contributed by atoms with Crippen molar-refractivity contribution in [3.8, 4) is 5.75 Å². The molecule has 1 heterocycles. The molecule has 0 radical (unpaired) electrons. The average Bonchev–Trinajstić information content (AvgIpc) is 3.34. The predicted molar refractivity (Wildman–Crippen MR) is 114 cm³/mol. The van der Waals surface area contributed by atoms with E-state index in [2.05, 4.69) is 11.5 Å². The zero-order valence-electron chi connectivity index (χ0n) is 17.3. The van der Waals surface area contributed by atoms with E-state index in [0.29, 0.717) is 30.3 Å². The summed E-state index contributed by atoms with van der Waals surface area (Å²) < 4.78 is 26.9. The number of phenolic OH excluding ortho intramolecular Hbond substituents is 1. The normalized spacial score (nSPS) is 27.5. The van der Waals surface area contributed by atoms with Crippen LogP contribution in [-0.2, 0) is 16.0 Å². The van der Waals surface area contributed by atoms with Gasteiger partial charge in [0.25, 0.3) is 5.92 Å². The SMILES string of the molecule is C=CC(=O)C1CC(N2CCN(C(=O)CCc3cc(C4CC4(F)F)c(Cl)cc3O)CC2)C1. The molecule has 3 aliphatic rings. The van der Waals surface area contributed by atoms with Crippen molar-refractivity contribution in [2.24, 2.45) is 5.92 Å². The van der Waals surface area contributed by atoms with Crippen LogP contribution in [0.5, 0.6) is 5.75 Å². The fourth-order valence-electron chi connectivity index (χ4n) is 4.67. The zero-order chi connectivity index (χ0) is 22.3. The van der Waals surface area contributed by atoms with Crippen LogP contribution in [0, 0.1) is 5.92 Å². The molecule has 0 bridgehead atoms. The number of piperazine rings is 1. The lowest BCUT2D eigenvalue weighted by molar-refractivity contribution is -0.134. The van der Waals surface area contributed by atoms with Gasteiger partial charge in [-0.05, 0) is 42.5 Å². The molecule has 2 saturated carbocycles. The highest BCUT2D eigenvalue weighted by molar-refractivity contribution is 6.31. The standard InChI is InChI=1S/C23H27ClF2N2O3/c1-2-20(29)15-9-16(10-15)27-5-7-28(8-6-27)22(31)4-3-14-11-17(18-13-23(18,25)26)19(24)12-21(14)30/h2,11-12,15-16,18,30H,1,3-10,13H2. The summed E-state index contributed by atoms with van der Waals surface area (Å²) in [6.45, 7) is 6.34. The van der Waals surface area contributed by atoms with Gasteiger partial charge < -0.3 is 10.0 Å². The number of alkyl halides is 2. The van der Waals surface area contributed by atoms with Crippen molar-refractivity contribution in [2.75, 3.05) is 26.2 Å². The molecule has 5 nitrogen and oxygen atoms in total. The van der Waals surface area contributed by atoms with Crippen LogP contribution in [0.4, 0.5) is 8.78 Å². The molecule has 3 fully saturated rings. The van der Waals surface area contributed by atoms with Crippen molar-refractivity contribution in [3.63, 3.8) is 0 Å². The number of carbonyl (C=O) groups excluding carboxylic acids is 2. The second-order valence-corrected chi connectivity index (χ2v) is 9.27. The molecular formula is C23H27ClF2N2O3. The zero-order valence-corrected chi connectivity index (χ0v) is 18.1. The Labute approximate surface area is 185 Å². The lowest BCUT2D eigenvalue weighted by Crippen LogP contribution is -2.55. The average molecular weight is 453 g/mol. The van der Waals surface area contributed by atoms with Crippen LogP contribution >= 0.6 is 11.6 Å². The molecule has 4 rings (SSSR count). The highest BCUT2D eigenvalue weighted by atomic mass is 35.5. The van der Waals surface area contributed by atoms with Crippen LogP contribution in [0.1, 0.15) is 42.7 Å². The number of rotatable bonds is 7. The van der Waals surface area contributed by atoms with Crippen molar-refractivity contribution in [1.29, 1.82) is 0 Å². The number of ketones is 1. The minimum Gasteiger partial charge on any atom is -0.508 e. The molecule has 1 amide bonds. The summed E-state index contributed by atoms with van der Waals surface area (Å²) in [5, 5.41) is 10.3. The van der Waals surface area contributed by atoms with Crippen molar-refractivity contribution in [2.45, 2.75) is 50.0 Å². The topological polar surface area (TPSA) is 60.9 Å². The van der Waals surface area contributed by atoms with Crippen LogP contribution in [0.15, 0.2) is 24.8 Å². The first kappa shape index (κ1) is 22.2. The van der Waals surface area contributed by atoms with Crippen LogP contribution in [0.2, 0.25) is 5.02 Å². The van der Waals surface area contributed by atoms with Crippen LogP contribution in [0.25, 0.3) is 0 Å². The summed E-state index contributed by atoms with van der Waals surface area (Å²) in [7, 11) is 0. The third kappa shape index (κ3) is 4.62. The van der Waals surface area contributed by atoms with Crippen molar-refractivity contribution >= 4 is 23.3 Å². The number of hydrogen-bond acceptors (Lipinski definition) is 4. The Morgan fingerprint density at radius 3 is 2.45 bits per heavy atom. The molecule has 1 aromatic rings. The van der Waals surface area contributed by atoms with Crippen molar-refractivity contribution < 1.29 is 23.5 Å². The van der Waals surface area contributed by atoms with E-state index >= 15 is 0 Å². The second-order valence-electron chi connectivity index (χ2n) is 8.87. The monoisotopic (exact) mass is 452 g/mol. The van der Waals surface area contributed by atoms with Crippen molar-refractivity contribution in [1.82, 2.24) is 9.80 Å². The molecule has 0 spiro atoms. The number of phenols is 1. The van der Waals surface area contributed by atoms with E-state index in [1.54, 1.807) is 0 Å². The van der Waals surface area contributed by atoms with Crippen LogP contribution in [0.3, 0.4) is 0 Å². The summed E-state index contributed by atoms with van der Waals surface area (Å²) in [4.78, 5) is 28.4. The smallest absolute Gasteiger partial charge is 0.255 e. The molecule has 2 aliphatic carbocycles. The lowest BCUT2D eigenvalue weighted by atomic mass is 9.76. The second kappa shape index (κ2) is 8.51. The van der Waals surface area contributed by atoms with E-state index in [0.717, 1.165) is 25.9 Å². The third-order valence-corrected chi connectivity index (χ3v) is 7.23. The Balaban J connectivity index is 1.26. The van der Waals surface area contributed by atoms with Gasteiger partial charge in [-0.2, -0.15) is 0 Å². The molecule has 1 atom stereocenters. The first-order chi connectivity index (χ1) is 14.7. The van der Waals surface area contributed by atoms with E-state index in [9.17, 15) is 23.5 Å². The maximum absolute atomic E-state index is 13.4. The van der Waals surface area contributed by atoms with Gasteiger partial charge in [0.15, 0.2) is 5.78 Å². The number of hydrogen-bond donors (Lipinski definition) is 1. The minimum atomic E-state index is -2.74. The predicted octanol–water partition coefficient (Wildman–Crippen LogP) is 3.78. The Kier molecular flexibility index (Phi) is 6.10. The van der Waals surface area contributed by atoms with Gasteiger partial charge in [-0.3, -0.25) is 14.5 Å². The summed E-state index contributed by atoms with van der Waals surface area (Å²) >= 11 is 6.04. The van der Waals surface area contributed by atoms with E-state index in [-0.39, 0.29) is 47.6 Å². The van der Waals surface area contributed by atoms with Gasteiger partial charge in [0.1, 0.15) is 5.75 Å². The molecule has 1 saturated heterocycles. The van der Waals surface area contributed by atoms with Gasteiger partial charge in [-0.1, -0.05) is 24.2 Å². The maximum atomic E-state index is 13.4. The molecule has 168 valence electrons. The minimum absolute atomic E-state index is 0.0133. The number of aryl methyl sites for hydroxylation is 1. The fourth-order valence-corrected chi connectivity index (χ4v) is 4.96. The van der Waals surface area contributed by atoms with E-state index in [1.807, 2.05) is 4.90 Å². The molecule has 0 aromatic heterocycles. The van der Waals surface area contributed by atoms with Gasteiger partial charge in [-0.15, -0.1) is 0 Å². The van der Waals surface area contributed by atoms with Crippen LogP contribution < -0.4 is 0 Å². The summed E-state index contributed by atoms with van der Waals surface area (Å²) in [6, 6.07) is 3.22. The quantitative estimate of drug-likeness (QED) is 0.640. The summed E-state index contributed by atoms with van der Waals surface area (Å²) in [6.07, 6.45) is 3.36. The van der Waals surface area contributed by atoms with Crippen LogP contribution in [-0.4, -0.2) is 64.7 Å². The number of nitrogens with zero attached hydrogens (tertiary/aromatic N) is 2. The summed E-state index contributed by atoms with van der Waals surface area (Å²) in [5.41, 5.74) is 0.816. The molecule has 1 aliphatic heterocycles. The number of allylic oxidation sites excluding steroid dienone is 1. The first-order valence-corrected chi connectivity index (χ1v) is 11.1. The molecule has 1 aromatic carbocycles. The van der Waals surface area contributed by atoms with Gasteiger partial charge in [0, 0.05) is 56.0 Å². The maximum Gasteiger partial charge on any atom is 0.255 e. The summed E-state index contributed by atoms with van der Waals surface area (Å²) in [5.74, 6) is -3.52. The number of benzene rings is 1. The Bertz CT molecular complexity index is 893. The number of aromatic hydroxyl groups is 1. The highest BCUT2D eigenvalue weighted by Gasteiger charge is 2.58. The lowest BCUT2D eigenvalue weighted by Gasteiger charge is -2.45. The number of amides is 1. The molecule has 1 N–H and O–H groups in total. The molecule has 1 unspecified atom stereocenters. The van der Waals surface area contributed by atoms with E-state index in [1.165, 1.54) is 18.2 Å². The molecular weight excluding hydrogens is 426 g/mol. The van der Waals surface area contributed by atoms with Gasteiger partial charge in [-0.25, -0.2) is 8.78 Å². The van der Waals surface area contributed by atoms with Crippen molar-refractivity contribution in [3.05, 3.63) is 40.9 Å². The van der Waals surface area contributed by atoms with Gasteiger partial charge in [0.2, 0.25) is 5.91 Å². The van der Waals surface area contributed by atoms with E-state index < -0.39 is 11.8 Å². The Morgan fingerprint density at radius 1 is 1.23 bits per heavy atom. The fraction of sp³-hybridized carbons (Fsp3) is 0.565. The van der Waals surface area contributed by atoms with E-state index in [4.69, 9.17) is 11.6 Å². The largest absolute Gasteiger partial charge is 0.508 e. The molecule has 31 heavy (non-hydrogen) atoms. The third-order valence-electron chi connectivity index (χ3n) is 6.91. The van der Waals surface area contributed by atoms with Gasteiger partial charge >= 0.3 is 0 Å². The first-order valence-electron chi connectivity index (χ1n) is 10.8. The van der Waals surface area contributed by atoms with Gasteiger partial charge in [0.05, 0.1) is 5.92 Å². The number of carbonyl (C=O) groups is 2. The Hall–Kier alpha value is -1.99. The Morgan fingerprint density at radius 2 is 1.87 bits per heavy atom. The number of halogens is 3. The highest BCUT2D eigenvalue weighted by Crippen LogP contribution is 2.57. The molecule has 8 heteroatoms.